The molecule has 2 aromatic heterocycles. The number of nitrogens with zero attached hydrogens (tertiary/aromatic N) is 1. The molecule has 0 bridgehead atoms. The highest BCUT2D eigenvalue weighted by Gasteiger charge is 2.18. The SMILES string of the molecule is Cc1cccc2sc3ccc(N(c4ccccc4)c4ccc5sc6cc(Cl)c7ccccc7c6c5c4)cc3c12. The molecule has 8 aromatic rings. The molecule has 0 fully saturated rings. The summed E-state index contributed by atoms with van der Waals surface area (Å²) in [6, 6.07) is 41.6. The number of fused-ring (bicyclic) bond motifs is 8. The van der Waals surface area contributed by atoms with Gasteiger partial charge >= 0.3 is 0 Å². The zero-order valence-electron chi connectivity index (χ0n) is 21.1. The maximum Gasteiger partial charge on any atom is 0.0498 e. The first-order chi connectivity index (χ1) is 19.2. The van der Waals surface area contributed by atoms with E-state index in [-0.39, 0.29) is 0 Å². The quantitative estimate of drug-likeness (QED) is 0.209. The molecular weight excluding hydrogens is 534 g/mol. The third-order valence-corrected chi connectivity index (χ3v) is 10.2. The summed E-state index contributed by atoms with van der Waals surface area (Å²) in [5.74, 6) is 0. The van der Waals surface area contributed by atoms with E-state index in [1.165, 1.54) is 51.3 Å². The van der Waals surface area contributed by atoms with E-state index in [4.69, 9.17) is 11.6 Å². The van der Waals surface area contributed by atoms with Gasteiger partial charge in [-0.25, -0.2) is 0 Å². The van der Waals surface area contributed by atoms with Gasteiger partial charge in [0.05, 0.1) is 0 Å². The first-order valence-electron chi connectivity index (χ1n) is 13.0. The number of anilines is 3. The van der Waals surface area contributed by atoms with Gasteiger partial charge in [-0.15, -0.1) is 22.7 Å². The van der Waals surface area contributed by atoms with E-state index < -0.39 is 0 Å². The van der Waals surface area contributed by atoms with E-state index in [2.05, 4.69) is 127 Å². The zero-order chi connectivity index (χ0) is 26.1. The van der Waals surface area contributed by atoms with Gasteiger partial charge in [-0.3, -0.25) is 0 Å². The van der Waals surface area contributed by atoms with Crippen LogP contribution < -0.4 is 4.90 Å². The Labute approximate surface area is 239 Å². The lowest BCUT2D eigenvalue weighted by Crippen LogP contribution is -2.09. The van der Waals surface area contributed by atoms with Crippen LogP contribution in [0.25, 0.3) is 51.1 Å². The van der Waals surface area contributed by atoms with Gasteiger partial charge in [-0.2, -0.15) is 0 Å². The minimum Gasteiger partial charge on any atom is -0.310 e. The summed E-state index contributed by atoms with van der Waals surface area (Å²) in [6.07, 6.45) is 0. The largest absolute Gasteiger partial charge is 0.310 e. The Morgan fingerprint density at radius 1 is 0.487 bits per heavy atom. The Balaban J connectivity index is 1.40. The molecule has 8 rings (SSSR count). The molecule has 0 radical (unpaired) electrons. The minimum atomic E-state index is 0.808. The van der Waals surface area contributed by atoms with Crippen LogP contribution in [0.15, 0.2) is 115 Å². The summed E-state index contributed by atoms with van der Waals surface area (Å²) in [7, 11) is 0. The molecule has 186 valence electrons. The predicted octanol–water partition coefficient (Wildman–Crippen LogP) is 12.0. The fourth-order valence-electron chi connectivity index (χ4n) is 5.88. The van der Waals surface area contributed by atoms with Crippen LogP contribution in [0.5, 0.6) is 0 Å². The number of hydrogen-bond acceptors (Lipinski definition) is 3. The minimum absolute atomic E-state index is 0.808. The Hall–Kier alpha value is -3.89. The van der Waals surface area contributed by atoms with Gasteiger partial charge in [0, 0.05) is 67.8 Å². The third-order valence-electron chi connectivity index (χ3n) is 7.63. The second-order valence-corrected chi connectivity index (χ2v) is 12.5. The topological polar surface area (TPSA) is 3.24 Å². The van der Waals surface area contributed by atoms with Gasteiger partial charge in [0.1, 0.15) is 0 Å². The van der Waals surface area contributed by atoms with Gasteiger partial charge in [0.2, 0.25) is 0 Å². The molecule has 0 spiro atoms. The molecule has 0 amide bonds. The molecule has 2 heterocycles. The van der Waals surface area contributed by atoms with Crippen molar-refractivity contribution in [2.24, 2.45) is 0 Å². The molecule has 6 aromatic carbocycles. The zero-order valence-corrected chi connectivity index (χ0v) is 23.5. The molecule has 0 N–H and O–H groups in total. The maximum atomic E-state index is 6.70. The summed E-state index contributed by atoms with van der Waals surface area (Å²) < 4.78 is 5.15. The second-order valence-electron chi connectivity index (χ2n) is 9.96. The van der Waals surface area contributed by atoms with E-state index in [1.54, 1.807) is 0 Å². The molecule has 0 atom stereocenters. The van der Waals surface area contributed by atoms with Gasteiger partial charge < -0.3 is 4.90 Å². The number of aryl methyl sites for hydroxylation is 1. The van der Waals surface area contributed by atoms with Gasteiger partial charge in [0.15, 0.2) is 0 Å². The lowest BCUT2D eigenvalue weighted by atomic mass is 10.0. The molecule has 39 heavy (non-hydrogen) atoms. The van der Waals surface area contributed by atoms with Crippen LogP contribution in [-0.4, -0.2) is 0 Å². The Bertz CT molecular complexity index is 2210. The average molecular weight is 556 g/mol. The van der Waals surface area contributed by atoms with Crippen molar-refractivity contribution in [3.05, 3.63) is 126 Å². The van der Waals surface area contributed by atoms with Crippen molar-refractivity contribution in [1.82, 2.24) is 0 Å². The highest BCUT2D eigenvalue weighted by molar-refractivity contribution is 7.26. The molecule has 0 aliphatic rings. The fraction of sp³-hybridized carbons (Fsp3) is 0.0286. The van der Waals surface area contributed by atoms with Crippen LogP contribution in [0.3, 0.4) is 0 Å². The van der Waals surface area contributed by atoms with Gasteiger partial charge in [0.25, 0.3) is 0 Å². The molecule has 0 aliphatic heterocycles. The van der Waals surface area contributed by atoms with Crippen LogP contribution in [0.2, 0.25) is 5.02 Å². The molecule has 0 aliphatic carbocycles. The Kier molecular flexibility index (Phi) is 5.21. The Morgan fingerprint density at radius 3 is 1.87 bits per heavy atom. The standard InChI is InChI=1S/C35H22ClNS2/c1-21-8-7-13-32-34(21)27-18-23(14-16-30(27)38-32)37(22-9-3-2-4-10-22)24-15-17-31-28(19-24)35-26-12-6-5-11-25(26)29(36)20-33(35)39-31/h2-20H,1H3. The smallest absolute Gasteiger partial charge is 0.0498 e. The summed E-state index contributed by atoms with van der Waals surface area (Å²) in [5.41, 5.74) is 4.75. The first kappa shape index (κ1) is 23.0. The number of halogens is 1. The van der Waals surface area contributed by atoms with E-state index in [1.807, 2.05) is 22.7 Å². The number of hydrogen-bond donors (Lipinski definition) is 0. The van der Waals surface area contributed by atoms with Crippen LogP contribution in [0.1, 0.15) is 5.56 Å². The van der Waals surface area contributed by atoms with Crippen molar-refractivity contribution >= 4 is 102 Å². The van der Waals surface area contributed by atoms with Crippen LogP contribution >= 0.6 is 34.3 Å². The highest BCUT2D eigenvalue weighted by atomic mass is 35.5. The van der Waals surface area contributed by atoms with E-state index in [9.17, 15) is 0 Å². The maximum absolute atomic E-state index is 6.70. The molecule has 0 unspecified atom stereocenters. The molecule has 0 saturated heterocycles. The molecule has 0 saturated carbocycles. The van der Waals surface area contributed by atoms with Crippen molar-refractivity contribution in [1.29, 1.82) is 0 Å². The van der Waals surface area contributed by atoms with Gasteiger partial charge in [-0.1, -0.05) is 66.2 Å². The van der Waals surface area contributed by atoms with Crippen molar-refractivity contribution in [3.8, 4) is 0 Å². The summed E-state index contributed by atoms with van der Waals surface area (Å²) >= 11 is 10.4. The first-order valence-corrected chi connectivity index (χ1v) is 15.0. The van der Waals surface area contributed by atoms with Crippen molar-refractivity contribution < 1.29 is 0 Å². The lowest BCUT2D eigenvalue weighted by Gasteiger charge is -2.25. The van der Waals surface area contributed by atoms with E-state index in [0.29, 0.717) is 0 Å². The molecule has 4 heteroatoms. The van der Waals surface area contributed by atoms with E-state index in [0.717, 1.165) is 27.5 Å². The monoisotopic (exact) mass is 555 g/mol. The third kappa shape index (κ3) is 3.58. The van der Waals surface area contributed by atoms with Crippen LogP contribution in [0, 0.1) is 6.92 Å². The Morgan fingerprint density at radius 2 is 1.13 bits per heavy atom. The second kappa shape index (κ2) is 8.82. The summed E-state index contributed by atoms with van der Waals surface area (Å²) in [6.45, 7) is 2.21. The van der Waals surface area contributed by atoms with Gasteiger partial charge in [-0.05, 0) is 78.5 Å². The number of para-hydroxylation sites is 1. The number of thiophene rings is 2. The number of rotatable bonds is 3. The average Bonchev–Trinajstić information content (AvgIpc) is 3.52. The summed E-state index contributed by atoms with van der Waals surface area (Å²) in [4.78, 5) is 2.38. The lowest BCUT2D eigenvalue weighted by molar-refractivity contribution is 1.30. The van der Waals surface area contributed by atoms with Crippen molar-refractivity contribution in [2.75, 3.05) is 4.90 Å². The van der Waals surface area contributed by atoms with Crippen molar-refractivity contribution in [3.63, 3.8) is 0 Å². The van der Waals surface area contributed by atoms with Crippen LogP contribution in [-0.2, 0) is 0 Å². The summed E-state index contributed by atoms with van der Waals surface area (Å²) in [5, 5.41) is 8.32. The van der Waals surface area contributed by atoms with Crippen molar-refractivity contribution in [2.45, 2.75) is 6.92 Å². The normalized spacial score (nSPS) is 11.8. The van der Waals surface area contributed by atoms with Crippen LogP contribution in [0.4, 0.5) is 17.1 Å². The highest BCUT2D eigenvalue weighted by Crippen LogP contribution is 2.45. The molecule has 1 nitrogen and oxygen atoms in total. The number of benzene rings is 6. The predicted molar refractivity (Wildman–Crippen MR) is 174 cm³/mol. The van der Waals surface area contributed by atoms with E-state index >= 15 is 0 Å². The fourth-order valence-corrected chi connectivity index (χ4v) is 8.53. The molecular formula is C35H22ClNS2.